The molecular formula is C15H24ClN3. The first-order valence-electron chi connectivity index (χ1n) is 7.26. The predicted molar refractivity (Wildman–Crippen MR) is 81.8 cm³/mol. The van der Waals surface area contributed by atoms with E-state index < -0.39 is 0 Å². The summed E-state index contributed by atoms with van der Waals surface area (Å²) in [4.78, 5) is 7.20. The van der Waals surface area contributed by atoms with Gasteiger partial charge >= 0.3 is 0 Å². The fourth-order valence-electron chi connectivity index (χ4n) is 2.77. The monoisotopic (exact) mass is 281 g/mol. The first-order chi connectivity index (χ1) is 9.13. The average Bonchev–Trinajstić information content (AvgIpc) is 2.87. The molecule has 1 atom stereocenters. The summed E-state index contributed by atoms with van der Waals surface area (Å²) >= 11 is 6.22. The fourth-order valence-corrected chi connectivity index (χ4v) is 2.94. The van der Waals surface area contributed by atoms with E-state index in [2.05, 4.69) is 37.1 Å². The van der Waals surface area contributed by atoms with Gasteiger partial charge in [-0.05, 0) is 37.4 Å². The highest BCUT2D eigenvalue weighted by Gasteiger charge is 2.28. The van der Waals surface area contributed by atoms with E-state index in [1.165, 1.54) is 12.8 Å². The number of halogens is 1. The van der Waals surface area contributed by atoms with E-state index >= 15 is 0 Å². The Morgan fingerprint density at radius 3 is 2.95 bits per heavy atom. The zero-order chi connectivity index (χ0) is 13.8. The summed E-state index contributed by atoms with van der Waals surface area (Å²) in [5.74, 6) is 1.74. The minimum absolute atomic E-state index is 0.612. The van der Waals surface area contributed by atoms with Crippen molar-refractivity contribution in [2.45, 2.75) is 46.2 Å². The first-order valence-corrected chi connectivity index (χ1v) is 7.64. The molecular weight excluding hydrogens is 258 g/mol. The van der Waals surface area contributed by atoms with Gasteiger partial charge < -0.3 is 10.2 Å². The number of anilines is 1. The van der Waals surface area contributed by atoms with Crippen LogP contribution in [0.5, 0.6) is 0 Å². The van der Waals surface area contributed by atoms with Crippen molar-refractivity contribution in [3.63, 3.8) is 0 Å². The highest BCUT2D eigenvalue weighted by Crippen LogP contribution is 2.29. The van der Waals surface area contributed by atoms with E-state index in [4.69, 9.17) is 16.6 Å². The minimum Gasteiger partial charge on any atom is -0.353 e. The van der Waals surface area contributed by atoms with Crippen LogP contribution in [0.3, 0.4) is 0 Å². The second-order valence-corrected chi connectivity index (χ2v) is 5.93. The SMILES string of the molecule is CCNCc1nc(N2CCCC2C(C)C)ccc1Cl. The van der Waals surface area contributed by atoms with Gasteiger partial charge in [0.2, 0.25) is 0 Å². The summed E-state index contributed by atoms with van der Waals surface area (Å²) in [6.07, 6.45) is 2.53. The van der Waals surface area contributed by atoms with Crippen molar-refractivity contribution in [2.24, 2.45) is 5.92 Å². The normalized spacial score (nSPS) is 19.4. The average molecular weight is 282 g/mol. The van der Waals surface area contributed by atoms with Gasteiger partial charge in [-0.3, -0.25) is 0 Å². The topological polar surface area (TPSA) is 28.2 Å². The van der Waals surface area contributed by atoms with Crippen molar-refractivity contribution in [2.75, 3.05) is 18.0 Å². The number of aromatic nitrogens is 1. The van der Waals surface area contributed by atoms with Crippen LogP contribution in [0.4, 0.5) is 5.82 Å². The van der Waals surface area contributed by atoms with Crippen LogP contribution >= 0.6 is 11.6 Å². The molecule has 2 heterocycles. The highest BCUT2D eigenvalue weighted by molar-refractivity contribution is 6.31. The van der Waals surface area contributed by atoms with E-state index in [1.54, 1.807) is 0 Å². The molecule has 0 radical (unpaired) electrons. The summed E-state index contributed by atoms with van der Waals surface area (Å²) in [7, 11) is 0. The third kappa shape index (κ3) is 3.40. The summed E-state index contributed by atoms with van der Waals surface area (Å²) in [6, 6.07) is 4.64. The molecule has 4 heteroatoms. The van der Waals surface area contributed by atoms with Crippen molar-refractivity contribution in [3.05, 3.63) is 22.8 Å². The van der Waals surface area contributed by atoms with Crippen LogP contribution in [0.15, 0.2) is 12.1 Å². The Bertz CT molecular complexity index is 420. The standard InChI is InChI=1S/C15H24ClN3/c1-4-17-10-13-12(16)7-8-15(18-13)19-9-5-6-14(19)11(2)3/h7-8,11,14,17H,4-6,9-10H2,1-3H3. The summed E-state index contributed by atoms with van der Waals surface area (Å²) in [5, 5.41) is 4.05. The van der Waals surface area contributed by atoms with Crippen LogP contribution in [0.25, 0.3) is 0 Å². The Labute approximate surface area is 121 Å². The zero-order valence-electron chi connectivity index (χ0n) is 12.1. The highest BCUT2D eigenvalue weighted by atomic mass is 35.5. The van der Waals surface area contributed by atoms with Crippen molar-refractivity contribution in [1.29, 1.82) is 0 Å². The van der Waals surface area contributed by atoms with Crippen LogP contribution in [0, 0.1) is 5.92 Å². The molecule has 1 aliphatic heterocycles. The van der Waals surface area contributed by atoms with E-state index in [0.717, 1.165) is 36.2 Å². The Morgan fingerprint density at radius 1 is 1.47 bits per heavy atom. The van der Waals surface area contributed by atoms with Gasteiger partial charge in [0, 0.05) is 19.1 Å². The van der Waals surface area contributed by atoms with Gasteiger partial charge in [0.1, 0.15) is 5.82 Å². The third-order valence-corrected chi connectivity index (χ3v) is 4.15. The molecule has 0 aliphatic carbocycles. The van der Waals surface area contributed by atoms with Gasteiger partial charge in [0.25, 0.3) is 0 Å². The molecule has 0 bridgehead atoms. The Hall–Kier alpha value is -0.800. The van der Waals surface area contributed by atoms with Crippen molar-refractivity contribution in [1.82, 2.24) is 10.3 Å². The molecule has 1 aliphatic rings. The summed E-state index contributed by atoms with van der Waals surface area (Å²) in [6.45, 7) is 9.45. The van der Waals surface area contributed by atoms with Crippen LogP contribution in [-0.2, 0) is 6.54 Å². The Balaban J connectivity index is 2.20. The Morgan fingerprint density at radius 2 is 2.26 bits per heavy atom. The van der Waals surface area contributed by atoms with Gasteiger partial charge in [-0.1, -0.05) is 32.4 Å². The lowest BCUT2D eigenvalue weighted by atomic mass is 10.0. The van der Waals surface area contributed by atoms with Crippen LogP contribution < -0.4 is 10.2 Å². The molecule has 1 aromatic heterocycles. The second-order valence-electron chi connectivity index (χ2n) is 5.53. The molecule has 1 fully saturated rings. The maximum atomic E-state index is 6.22. The quantitative estimate of drug-likeness (QED) is 0.896. The molecule has 3 nitrogen and oxygen atoms in total. The summed E-state index contributed by atoms with van der Waals surface area (Å²) < 4.78 is 0. The van der Waals surface area contributed by atoms with Gasteiger partial charge in [-0.15, -0.1) is 0 Å². The van der Waals surface area contributed by atoms with Gasteiger partial charge in [0.05, 0.1) is 10.7 Å². The molecule has 0 saturated carbocycles. The smallest absolute Gasteiger partial charge is 0.129 e. The maximum absolute atomic E-state index is 6.22. The van der Waals surface area contributed by atoms with Gasteiger partial charge in [0.15, 0.2) is 0 Å². The number of rotatable bonds is 5. The van der Waals surface area contributed by atoms with E-state index in [0.29, 0.717) is 12.0 Å². The maximum Gasteiger partial charge on any atom is 0.129 e. The van der Waals surface area contributed by atoms with Gasteiger partial charge in [-0.2, -0.15) is 0 Å². The van der Waals surface area contributed by atoms with Gasteiger partial charge in [-0.25, -0.2) is 4.98 Å². The number of nitrogens with one attached hydrogen (secondary N) is 1. The largest absolute Gasteiger partial charge is 0.353 e. The lowest BCUT2D eigenvalue weighted by molar-refractivity contribution is 0.489. The predicted octanol–water partition coefficient (Wildman–Crippen LogP) is 3.47. The fraction of sp³-hybridized carbons (Fsp3) is 0.667. The number of hydrogen-bond donors (Lipinski definition) is 1. The molecule has 0 spiro atoms. The summed E-state index contributed by atoms with van der Waals surface area (Å²) in [5.41, 5.74) is 0.954. The molecule has 1 saturated heterocycles. The van der Waals surface area contributed by atoms with Crippen molar-refractivity contribution in [3.8, 4) is 0 Å². The molecule has 106 valence electrons. The molecule has 1 aromatic rings. The van der Waals surface area contributed by atoms with Crippen molar-refractivity contribution < 1.29 is 0 Å². The third-order valence-electron chi connectivity index (χ3n) is 3.81. The first kappa shape index (κ1) is 14.6. The lowest BCUT2D eigenvalue weighted by Crippen LogP contribution is -2.34. The van der Waals surface area contributed by atoms with Crippen LogP contribution in [-0.4, -0.2) is 24.1 Å². The van der Waals surface area contributed by atoms with Crippen molar-refractivity contribution >= 4 is 17.4 Å². The second kappa shape index (κ2) is 6.58. The lowest BCUT2D eigenvalue weighted by Gasteiger charge is -2.29. The van der Waals surface area contributed by atoms with E-state index in [-0.39, 0.29) is 0 Å². The molecule has 1 N–H and O–H groups in total. The number of nitrogens with zero attached hydrogens (tertiary/aromatic N) is 2. The van der Waals surface area contributed by atoms with E-state index in [9.17, 15) is 0 Å². The Kier molecular flexibility index (Phi) is 5.06. The molecule has 0 amide bonds. The molecule has 2 rings (SSSR count). The van der Waals surface area contributed by atoms with Crippen LogP contribution in [0.2, 0.25) is 5.02 Å². The molecule has 1 unspecified atom stereocenters. The number of hydrogen-bond acceptors (Lipinski definition) is 3. The van der Waals surface area contributed by atoms with E-state index in [1.807, 2.05) is 6.07 Å². The zero-order valence-corrected chi connectivity index (χ0v) is 12.9. The number of pyridine rings is 1. The van der Waals surface area contributed by atoms with Crippen LogP contribution in [0.1, 0.15) is 39.3 Å². The molecule has 0 aromatic carbocycles. The minimum atomic E-state index is 0.612. The molecule has 19 heavy (non-hydrogen) atoms.